The van der Waals surface area contributed by atoms with Crippen LogP contribution in [0.25, 0.3) is 11.3 Å². The number of pyridine rings is 1. The van der Waals surface area contributed by atoms with Crippen LogP contribution in [0.15, 0.2) is 60.8 Å². The summed E-state index contributed by atoms with van der Waals surface area (Å²) < 4.78 is 38.8. The second-order valence-corrected chi connectivity index (χ2v) is 6.95. The molecule has 0 aliphatic rings. The summed E-state index contributed by atoms with van der Waals surface area (Å²) in [5.74, 6) is -0.489. The maximum absolute atomic E-state index is 12.9. The lowest BCUT2D eigenvalue weighted by molar-refractivity contribution is -0.137. The fourth-order valence-electron chi connectivity index (χ4n) is 3.05. The summed E-state index contributed by atoms with van der Waals surface area (Å²) in [6.45, 7) is 4.23. The van der Waals surface area contributed by atoms with Crippen molar-refractivity contribution in [2.45, 2.75) is 20.0 Å². The Morgan fingerprint density at radius 3 is 2.40 bits per heavy atom. The molecular weight excluding hydrogens is 391 g/mol. The van der Waals surface area contributed by atoms with Crippen LogP contribution in [0.4, 0.5) is 24.5 Å². The Kier molecular flexibility index (Phi) is 6.10. The Morgan fingerprint density at radius 2 is 1.80 bits per heavy atom. The normalized spacial score (nSPS) is 11.3. The fourth-order valence-corrected chi connectivity index (χ4v) is 3.05. The molecule has 4 nitrogen and oxygen atoms in total. The number of benzene rings is 2. The minimum absolute atomic E-state index is 0.177. The number of aryl methyl sites for hydroxylation is 1. The van der Waals surface area contributed by atoms with Crippen molar-refractivity contribution >= 4 is 17.3 Å². The second kappa shape index (κ2) is 8.57. The molecule has 1 amide bonds. The monoisotopic (exact) mass is 413 g/mol. The molecule has 1 N–H and O–H groups in total. The number of rotatable bonds is 5. The number of hydrogen-bond acceptors (Lipinski definition) is 3. The van der Waals surface area contributed by atoms with Gasteiger partial charge in [0, 0.05) is 24.7 Å². The van der Waals surface area contributed by atoms with Gasteiger partial charge in [-0.05, 0) is 43.7 Å². The third kappa shape index (κ3) is 4.62. The molecule has 3 aromatic rings. The zero-order valence-corrected chi connectivity index (χ0v) is 16.9. The summed E-state index contributed by atoms with van der Waals surface area (Å²) in [5.41, 5.74) is 2.36. The highest BCUT2D eigenvalue weighted by atomic mass is 19.4. The number of nitrogens with one attached hydrogen (secondary N) is 1. The molecule has 0 unspecified atom stereocenters. The predicted molar refractivity (Wildman–Crippen MR) is 113 cm³/mol. The van der Waals surface area contributed by atoms with E-state index in [1.807, 2.05) is 55.3 Å². The first kappa shape index (κ1) is 21.4. The van der Waals surface area contributed by atoms with Crippen molar-refractivity contribution in [3.8, 4) is 11.3 Å². The van der Waals surface area contributed by atoms with Gasteiger partial charge in [0.25, 0.3) is 5.91 Å². The van der Waals surface area contributed by atoms with Gasteiger partial charge in [-0.25, -0.2) is 0 Å². The number of amides is 1. The average molecular weight is 413 g/mol. The first-order valence-corrected chi connectivity index (χ1v) is 9.46. The van der Waals surface area contributed by atoms with Crippen molar-refractivity contribution in [3.05, 3.63) is 77.5 Å². The summed E-state index contributed by atoms with van der Waals surface area (Å²) in [6.07, 6.45) is -2.73. The predicted octanol–water partition coefficient (Wildman–Crippen LogP) is 5.78. The molecule has 0 saturated carbocycles. The quantitative estimate of drug-likeness (QED) is 0.576. The van der Waals surface area contributed by atoms with E-state index in [0.717, 1.165) is 29.9 Å². The highest BCUT2D eigenvalue weighted by Gasteiger charge is 2.31. The van der Waals surface area contributed by atoms with Crippen LogP contribution in [0, 0.1) is 6.92 Å². The van der Waals surface area contributed by atoms with Crippen molar-refractivity contribution in [2.75, 3.05) is 23.8 Å². The van der Waals surface area contributed by atoms with Crippen LogP contribution in [-0.4, -0.2) is 24.5 Å². The number of hydrogen-bond donors (Lipinski definition) is 1. The molecule has 30 heavy (non-hydrogen) atoms. The van der Waals surface area contributed by atoms with E-state index in [4.69, 9.17) is 0 Å². The molecule has 0 aliphatic heterocycles. The highest BCUT2D eigenvalue weighted by molar-refractivity contribution is 6.07. The largest absolute Gasteiger partial charge is 0.416 e. The molecule has 0 spiro atoms. The van der Waals surface area contributed by atoms with Crippen molar-refractivity contribution in [3.63, 3.8) is 0 Å². The van der Waals surface area contributed by atoms with E-state index in [1.165, 1.54) is 13.0 Å². The topological polar surface area (TPSA) is 45.2 Å². The lowest BCUT2D eigenvalue weighted by Crippen LogP contribution is -2.18. The molecule has 1 heterocycles. The van der Waals surface area contributed by atoms with Gasteiger partial charge in [-0.3, -0.25) is 9.78 Å². The zero-order valence-electron chi connectivity index (χ0n) is 16.9. The Labute approximate surface area is 173 Å². The molecule has 0 bridgehead atoms. The minimum Gasteiger partial charge on any atom is -0.374 e. The third-order valence-electron chi connectivity index (χ3n) is 4.88. The maximum Gasteiger partial charge on any atom is 0.416 e. The number of nitrogens with zero attached hydrogens (tertiary/aromatic N) is 2. The molecule has 0 aliphatic carbocycles. The zero-order chi connectivity index (χ0) is 21.9. The Morgan fingerprint density at radius 1 is 1.10 bits per heavy atom. The minimum atomic E-state index is -4.46. The molecule has 1 aromatic heterocycles. The fraction of sp³-hybridized carbons (Fsp3) is 0.217. The van der Waals surface area contributed by atoms with Gasteiger partial charge < -0.3 is 10.2 Å². The molecule has 0 saturated heterocycles. The first-order chi connectivity index (χ1) is 14.2. The van der Waals surface area contributed by atoms with Gasteiger partial charge in [-0.2, -0.15) is 13.2 Å². The highest BCUT2D eigenvalue weighted by Crippen LogP contribution is 2.32. The standard InChI is InChI=1S/C23H22F3N3O/c1-4-29(3)18-13-20(21(27-14-18)16-8-6-5-7-9-16)28-22(30)19-11-10-17(12-15(19)2)23(24,25)26/h5-14H,4H2,1-3H3,(H,28,30). The van der Waals surface area contributed by atoms with Gasteiger partial charge >= 0.3 is 6.18 Å². The SMILES string of the molecule is CCN(C)c1cnc(-c2ccccc2)c(NC(=O)c2ccc(C(F)(F)F)cc2C)c1. The number of carbonyl (C=O) groups is 1. The lowest BCUT2D eigenvalue weighted by Gasteiger charge is -2.19. The first-order valence-electron chi connectivity index (χ1n) is 9.46. The van der Waals surface area contributed by atoms with Crippen molar-refractivity contribution in [1.29, 1.82) is 0 Å². The van der Waals surface area contributed by atoms with Crippen molar-refractivity contribution in [1.82, 2.24) is 4.98 Å². The van der Waals surface area contributed by atoms with E-state index >= 15 is 0 Å². The van der Waals surface area contributed by atoms with Crippen LogP contribution in [0.3, 0.4) is 0 Å². The maximum atomic E-state index is 12.9. The molecule has 0 fully saturated rings. The van der Waals surface area contributed by atoms with E-state index in [1.54, 1.807) is 6.20 Å². The van der Waals surface area contributed by atoms with Crippen LogP contribution in [0.5, 0.6) is 0 Å². The summed E-state index contributed by atoms with van der Waals surface area (Å²) in [6, 6.07) is 14.3. The summed E-state index contributed by atoms with van der Waals surface area (Å²) in [5, 5.41) is 2.83. The Hall–Kier alpha value is -3.35. The van der Waals surface area contributed by atoms with Gasteiger partial charge in [0.2, 0.25) is 0 Å². The summed E-state index contributed by atoms with van der Waals surface area (Å²) >= 11 is 0. The van der Waals surface area contributed by atoms with E-state index in [9.17, 15) is 18.0 Å². The van der Waals surface area contributed by atoms with E-state index in [2.05, 4.69) is 10.3 Å². The van der Waals surface area contributed by atoms with Gasteiger partial charge in [-0.1, -0.05) is 30.3 Å². The van der Waals surface area contributed by atoms with E-state index < -0.39 is 17.6 Å². The van der Waals surface area contributed by atoms with Gasteiger partial charge in [0.15, 0.2) is 0 Å². The average Bonchev–Trinajstić information content (AvgIpc) is 2.73. The number of halogens is 3. The molecule has 0 atom stereocenters. The van der Waals surface area contributed by atoms with Gasteiger partial charge in [-0.15, -0.1) is 0 Å². The molecule has 2 aromatic carbocycles. The summed E-state index contributed by atoms with van der Waals surface area (Å²) in [7, 11) is 1.91. The van der Waals surface area contributed by atoms with Gasteiger partial charge in [0.05, 0.1) is 28.8 Å². The summed E-state index contributed by atoms with van der Waals surface area (Å²) in [4.78, 5) is 19.4. The number of carbonyl (C=O) groups excluding carboxylic acids is 1. The smallest absolute Gasteiger partial charge is 0.374 e. The molecule has 7 heteroatoms. The van der Waals surface area contributed by atoms with Crippen LogP contribution < -0.4 is 10.2 Å². The number of aromatic nitrogens is 1. The lowest BCUT2D eigenvalue weighted by atomic mass is 10.0. The third-order valence-corrected chi connectivity index (χ3v) is 4.88. The number of alkyl halides is 3. The van der Waals surface area contributed by atoms with Crippen molar-refractivity contribution in [2.24, 2.45) is 0 Å². The van der Waals surface area contributed by atoms with Crippen molar-refractivity contribution < 1.29 is 18.0 Å². The van der Waals surface area contributed by atoms with Crippen LogP contribution in [0.2, 0.25) is 0 Å². The molecule has 0 radical (unpaired) electrons. The van der Waals surface area contributed by atoms with Crippen LogP contribution >= 0.6 is 0 Å². The van der Waals surface area contributed by atoms with Crippen LogP contribution in [0.1, 0.15) is 28.4 Å². The second-order valence-electron chi connectivity index (χ2n) is 6.95. The molecule has 156 valence electrons. The Bertz CT molecular complexity index is 1050. The number of anilines is 2. The molecule has 3 rings (SSSR count). The molecular formula is C23H22F3N3O. The Balaban J connectivity index is 1.99. The van der Waals surface area contributed by atoms with E-state index in [0.29, 0.717) is 11.4 Å². The van der Waals surface area contributed by atoms with Gasteiger partial charge in [0.1, 0.15) is 0 Å². The van der Waals surface area contributed by atoms with Crippen LogP contribution in [-0.2, 0) is 6.18 Å². The van der Waals surface area contributed by atoms with E-state index in [-0.39, 0.29) is 11.1 Å².